The van der Waals surface area contributed by atoms with Gasteiger partial charge in [0.15, 0.2) is 0 Å². The predicted molar refractivity (Wildman–Crippen MR) is 84.5 cm³/mol. The third-order valence-electron chi connectivity index (χ3n) is 4.32. The zero-order valence-corrected chi connectivity index (χ0v) is 11.9. The summed E-state index contributed by atoms with van der Waals surface area (Å²) in [4.78, 5) is 0. The molecule has 1 aliphatic rings. The van der Waals surface area contributed by atoms with E-state index in [0.29, 0.717) is 17.4 Å². The minimum absolute atomic E-state index is 0.0253. The van der Waals surface area contributed by atoms with Crippen LogP contribution in [0.4, 0.5) is 0 Å². The standard InChI is InChI=1S/C19H20O2/c20-17-12-6-4-10-15(17)19(14-8-2-1-3-9-14)16-11-5-7-13-18(16)21/h1-2,4-7,10-14,19-21H,3,8-9H2. The van der Waals surface area contributed by atoms with E-state index in [1.165, 1.54) is 0 Å². The fourth-order valence-corrected chi connectivity index (χ4v) is 3.30. The molecule has 1 unspecified atom stereocenters. The number of benzene rings is 2. The summed E-state index contributed by atoms with van der Waals surface area (Å²) in [7, 11) is 0. The molecule has 21 heavy (non-hydrogen) atoms. The van der Waals surface area contributed by atoms with Gasteiger partial charge >= 0.3 is 0 Å². The molecule has 0 fully saturated rings. The van der Waals surface area contributed by atoms with Crippen LogP contribution in [0.15, 0.2) is 60.7 Å². The molecule has 0 spiro atoms. The zero-order chi connectivity index (χ0) is 14.7. The van der Waals surface area contributed by atoms with Crippen molar-refractivity contribution >= 4 is 0 Å². The molecule has 1 aliphatic carbocycles. The molecule has 0 amide bonds. The second-order valence-electron chi connectivity index (χ2n) is 5.64. The Morgan fingerprint density at radius 2 is 1.38 bits per heavy atom. The van der Waals surface area contributed by atoms with Gasteiger partial charge in [0, 0.05) is 17.0 Å². The molecule has 0 aliphatic heterocycles. The van der Waals surface area contributed by atoms with E-state index >= 15 is 0 Å². The lowest BCUT2D eigenvalue weighted by Crippen LogP contribution is -2.16. The Kier molecular flexibility index (Phi) is 3.96. The second-order valence-corrected chi connectivity index (χ2v) is 5.64. The van der Waals surface area contributed by atoms with Crippen molar-refractivity contribution in [3.05, 3.63) is 71.8 Å². The van der Waals surface area contributed by atoms with Crippen LogP contribution in [0, 0.1) is 5.92 Å². The molecule has 2 heteroatoms. The van der Waals surface area contributed by atoms with Crippen molar-refractivity contribution in [2.24, 2.45) is 5.92 Å². The van der Waals surface area contributed by atoms with E-state index in [9.17, 15) is 10.2 Å². The zero-order valence-electron chi connectivity index (χ0n) is 11.9. The highest BCUT2D eigenvalue weighted by Gasteiger charge is 2.28. The lowest BCUT2D eigenvalue weighted by atomic mass is 9.75. The van der Waals surface area contributed by atoms with Crippen LogP contribution in [0.2, 0.25) is 0 Å². The van der Waals surface area contributed by atoms with Crippen LogP contribution in [0.1, 0.15) is 36.3 Å². The van der Waals surface area contributed by atoms with Crippen LogP contribution < -0.4 is 0 Å². The van der Waals surface area contributed by atoms with Gasteiger partial charge in [0.25, 0.3) is 0 Å². The minimum Gasteiger partial charge on any atom is -0.508 e. The molecule has 3 rings (SSSR count). The van der Waals surface area contributed by atoms with Crippen LogP contribution in [-0.4, -0.2) is 10.2 Å². The maximum atomic E-state index is 10.3. The van der Waals surface area contributed by atoms with Gasteiger partial charge in [-0.25, -0.2) is 0 Å². The molecule has 2 aromatic carbocycles. The van der Waals surface area contributed by atoms with Gasteiger partial charge in [-0.2, -0.15) is 0 Å². The highest BCUT2D eigenvalue weighted by molar-refractivity contribution is 5.46. The third-order valence-corrected chi connectivity index (χ3v) is 4.32. The normalized spacial score (nSPS) is 18.0. The highest BCUT2D eigenvalue weighted by Crippen LogP contribution is 2.44. The SMILES string of the molecule is Oc1ccccc1C(c1ccccc1O)C1CC=CCC1. The Bertz CT molecular complexity index is 600. The lowest BCUT2D eigenvalue weighted by Gasteiger charge is -2.30. The van der Waals surface area contributed by atoms with Gasteiger partial charge in [-0.05, 0) is 37.3 Å². The van der Waals surface area contributed by atoms with E-state index in [2.05, 4.69) is 12.2 Å². The topological polar surface area (TPSA) is 40.5 Å². The van der Waals surface area contributed by atoms with Crippen LogP contribution in [0.5, 0.6) is 11.5 Å². The van der Waals surface area contributed by atoms with Crippen molar-refractivity contribution in [3.63, 3.8) is 0 Å². The Labute approximate surface area is 125 Å². The summed E-state index contributed by atoms with van der Waals surface area (Å²) in [5.74, 6) is 1.04. The number of rotatable bonds is 3. The van der Waals surface area contributed by atoms with Gasteiger partial charge in [-0.3, -0.25) is 0 Å². The smallest absolute Gasteiger partial charge is 0.119 e. The van der Waals surface area contributed by atoms with Crippen LogP contribution in [-0.2, 0) is 0 Å². The van der Waals surface area contributed by atoms with Gasteiger partial charge in [0.1, 0.15) is 11.5 Å². The summed E-state index contributed by atoms with van der Waals surface area (Å²) in [5, 5.41) is 20.5. The fourth-order valence-electron chi connectivity index (χ4n) is 3.30. The number of hydrogen-bond acceptors (Lipinski definition) is 2. The monoisotopic (exact) mass is 280 g/mol. The molecule has 0 bridgehead atoms. The number of aromatic hydroxyl groups is 2. The first-order valence-corrected chi connectivity index (χ1v) is 7.48. The van der Waals surface area contributed by atoms with Crippen molar-refractivity contribution in [1.29, 1.82) is 0 Å². The van der Waals surface area contributed by atoms with E-state index in [-0.39, 0.29) is 5.92 Å². The van der Waals surface area contributed by atoms with Crippen LogP contribution >= 0.6 is 0 Å². The quantitative estimate of drug-likeness (QED) is 0.807. The van der Waals surface area contributed by atoms with Crippen LogP contribution in [0.25, 0.3) is 0 Å². The molecule has 2 nitrogen and oxygen atoms in total. The number of hydrogen-bond donors (Lipinski definition) is 2. The van der Waals surface area contributed by atoms with Crippen molar-refractivity contribution in [1.82, 2.24) is 0 Å². The van der Waals surface area contributed by atoms with E-state index in [4.69, 9.17) is 0 Å². The molecule has 0 aromatic heterocycles. The van der Waals surface area contributed by atoms with Crippen LogP contribution in [0.3, 0.4) is 0 Å². The lowest BCUT2D eigenvalue weighted by molar-refractivity contribution is 0.392. The summed E-state index contributed by atoms with van der Waals surface area (Å²) in [6.45, 7) is 0. The van der Waals surface area contributed by atoms with Gasteiger partial charge in [-0.15, -0.1) is 0 Å². The largest absolute Gasteiger partial charge is 0.508 e. The first kappa shape index (κ1) is 13.7. The summed E-state index contributed by atoms with van der Waals surface area (Å²) in [5.41, 5.74) is 1.80. The Balaban J connectivity index is 2.09. The summed E-state index contributed by atoms with van der Waals surface area (Å²) < 4.78 is 0. The Hall–Kier alpha value is -2.22. The number of allylic oxidation sites excluding steroid dienone is 2. The molecule has 2 aromatic rings. The predicted octanol–water partition coefficient (Wildman–Crippen LogP) is 4.59. The maximum Gasteiger partial charge on any atom is 0.119 e. The first-order valence-electron chi connectivity index (χ1n) is 7.48. The fraction of sp³-hybridized carbons (Fsp3) is 0.263. The molecule has 2 N–H and O–H groups in total. The maximum absolute atomic E-state index is 10.3. The Morgan fingerprint density at radius 1 is 0.810 bits per heavy atom. The molecule has 0 saturated carbocycles. The van der Waals surface area contributed by atoms with E-state index < -0.39 is 0 Å². The first-order chi connectivity index (χ1) is 10.3. The number of para-hydroxylation sites is 2. The molecule has 0 saturated heterocycles. The van der Waals surface area contributed by atoms with Crippen molar-refractivity contribution in [2.75, 3.05) is 0 Å². The van der Waals surface area contributed by atoms with E-state index in [1.807, 2.05) is 36.4 Å². The summed E-state index contributed by atoms with van der Waals surface area (Å²) in [6.07, 6.45) is 7.53. The Morgan fingerprint density at radius 3 is 1.86 bits per heavy atom. The minimum atomic E-state index is 0.0253. The average molecular weight is 280 g/mol. The van der Waals surface area contributed by atoms with Gasteiger partial charge in [-0.1, -0.05) is 48.6 Å². The molecular formula is C19H20O2. The molecule has 108 valence electrons. The molecular weight excluding hydrogens is 260 g/mol. The van der Waals surface area contributed by atoms with E-state index in [0.717, 1.165) is 30.4 Å². The summed E-state index contributed by atoms with van der Waals surface area (Å²) >= 11 is 0. The molecule has 0 radical (unpaired) electrons. The molecule has 0 heterocycles. The van der Waals surface area contributed by atoms with Gasteiger partial charge < -0.3 is 10.2 Å². The number of phenolic OH excluding ortho intramolecular Hbond substituents is 2. The van der Waals surface area contributed by atoms with Crippen molar-refractivity contribution in [2.45, 2.75) is 25.2 Å². The summed E-state index contributed by atoms with van der Waals surface area (Å²) in [6, 6.07) is 14.9. The van der Waals surface area contributed by atoms with Crippen molar-refractivity contribution < 1.29 is 10.2 Å². The van der Waals surface area contributed by atoms with Gasteiger partial charge in [0.05, 0.1) is 0 Å². The van der Waals surface area contributed by atoms with Crippen molar-refractivity contribution in [3.8, 4) is 11.5 Å². The van der Waals surface area contributed by atoms with Gasteiger partial charge in [0.2, 0.25) is 0 Å². The third kappa shape index (κ3) is 2.80. The second kappa shape index (κ2) is 6.04. The van der Waals surface area contributed by atoms with E-state index in [1.54, 1.807) is 12.1 Å². The highest BCUT2D eigenvalue weighted by atomic mass is 16.3. The average Bonchev–Trinajstić information content (AvgIpc) is 2.52. The number of phenols is 2. The molecule has 1 atom stereocenters.